The van der Waals surface area contributed by atoms with Crippen LogP contribution in [0.3, 0.4) is 0 Å². The Morgan fingerprint density at radius 2 is 2.04 bits per heavy atom. The maximum atomic E-state index is 12.4. The van der Waals surface area contributed by atoms with Crippen molar-refractivity contribution in [2.24, 2.45) is 0 Å². The number of carbonyl (C=O) groups excluding carboxylic acids is 1. The van der Waals surface area contributed by atoms with Gasteiger partial charge in [-0.2, -0.15) is 5.26 Å². The fourth-order valence-corrected chi connectivity index (χ4v) is 2.80. The molecule has 6 nitrogen and oxygen atoms in total. The Morgan fingerprint density at radius 3 is 2.78 bits per heavy atom. The summed E-state index contributed by atoms with van der Waals surface area (Å²) in [5.41, 5.74) is 3.25. The lowest BCUT2D eigenvalue weighted by Crippen LogP contribution is -2.29. The number of fused-ring (bicyclic) bond motifs is 1. The SMILES string of the molecule is CC(C)(C)c1ccc2cc(C(=O)NCCNc3ncccc3C#N)[nH]c2c1. The van der Waals surface area contributed by atoms with Gasteiger partial charge in [-0.3, -0.25) is 4.79 Å². The van der Waals surface area contributed by atoms with Crippen molar-refractivity contribution in [3.8, 4) is 6.07 Å². The first-order chi connectivity index (χ1) is 12.9. The smallest absolute Gasteiger partial charge is 0.267 e. The zero-order valence-electron chi connectivity index (χ0n) is 15.8. The summed E-state index contributed by atoms with van der Waals surface area (Å²) in [4.78, 5) is 19.7. The summed E-state index contributed by atoms with van der Waals surface area (Å²) in [6.07, 6.45) is 1.62. The standard InChI is InChI=1S/C21H23N5O/c1-21(2,3)16-7-6-14-11-18(26-17(14)12-16)20(27)25-10-9-24-19-15(13-22)5-4-8-23-19/h4-8,11-12,26H,9-10H2,1-3H3,(H,23,24)(H,25,27). The van der Waals surface area contributed by atoms with Crippen LogP contribution >= 0.6 is 0 Å². The molecule has 1 amide bonds. The van der Waals surface area contributed by atoms with Crippen LogP contribution in [-0.2, 0) is 5.41 Å². The Labute approximate surface area is 158 Å². The highest BCUT2D eigenvalue weighted by atomic mass is 16.1. The van der Waals surface area contributed by atoms with Crippen LogP contribution in [-0.4, -0.2) is 29.0 Å². The Morgan fingerprint density at radius 1 is 1.22 bits per heavy atom. The molecule has 0 atom stereocenters. The van der Waals surface area contributed by atoms with Gasteiger partial charge in [0.15, 0.2) is 0 Å². The van der Waals surface area contributed by atoms with Crippen molar-refractivity contribution >= 4 is 22.6 Å². The van der Waals surface area contributed by atoms with E-state index in [1.165, 1.54) is 5.56 Å². The molecule has 6 heteroatoms. The van der Waals surface area contributed by atoms with Gasteiger partial charge in [0.1, 0.15) is 17.6 Å². The number of hydrogen-bond acceptors (Lipinski definition) is 4. The third-order valence-electron chi connectivity index (χ3n) is 4.36. The summed E-state index contributed by atoms with van der Waals surface area (Å²) in [7, 11) is 0. The second-order valence-corrected chi connectivity index (χ2v) is 7.43. The van der Waals surface area contributed by atoms with E-state index < -0.39 is 0 Å². The van der Waals surface area contributed by atoms with E-state index in [2.05, 4.69) is 59.6 Å². The van der Waals surface area contributed by atoms with Crippen LogP contribution in [0.1, 0.15) is 42.4 Å². The predicted octanol–water partition coefficient (Wildman–Crippen LogP) is 3.57. The number of carbonyl (C=O) groups is 1. The van der Waals surface area contributed by atoms with E-state index in [-0.39, 0.29) is 11.3 Å². The number of nitriles is 1. The Kier molecular flexibility index (Phi) is 5.13. The van der Waals surface area contributed by atoms with Crippen LogP contribution in [0.5, 0.6) is 0 Å². The van der Waals surface area contributed by atoms with E-state index >= 15 is 0 Å². The fraction of sp³-hybridized carbons (Fsp3) is 0.286. The zero-order valence-corrected chi connectivity index (χ0v) is 15.8. The molecule has 3 aromatic rings. The molecule has 2 aromatic heterocycles. The van der Waals surface area contributed by atoms with Crippen molar-refractivity contribution < 1.29 is 4.79 Å². The van der Waals surface area contributed by atoms with Crippen LogP contribution in [0, 0.1) is 11.3 Å². The molecule has 27 heavy (non-hydrogen) atoms. The lowest BCUT2D eigenvalue weighted by atomic mass is 9.87. The minimum atomic E-state index is -0.160. The Balaban J connectivity index is 1.60. The predicted molar refractivity (Wildman–Crippen MR) is 107 cm³/mol. The first-order valence-corrected chi connectivity index (χ1v) is 8.89. The second kappa shape index (κ2) is 7.50. The third kappa shape index (κ3) is 4.26. The summed E-state index contributed by atoms with van der Waals surface area (Å²) in [6, 6.07) is 13.6. The molecule has 0 bridgehead atoms. The van der Waals surface area contributed by atoms with Gasteiger partial charge in [0.2, 0.25) is 0 Å². The molecule has 0 spiro atoms. The number of aromatic amines is 1. The molecule has 138 valence electrons. The van der Waals surface area contributed by atoms with Crippen molar-refractivity contribution in [1.82, 2.24) is 15.3 Å². The monoisotopic (exact) mass is 361 g/mol. The quantitative estimate of drug-likeness (QED) is 0.606. The minimum absolute atomic E-state index is 0.0567. The van der Waals surface area contributed by atoms with Gasteiger partial charge in [0.25, 0.3) is 5.91 Å². The summed E-state index contributed by atoms with van der Waals surface area (Å²) in [5, 5.41) is 16.0. The molecule has 0 aliphatic rings. The molecule has 3 rings (SSSR count). The zero-order chi connectivity index (χ0) is 19.4. The van der Waals surface area contributed by atoms with Crippen molar-refractivity contribution in [2.75, 3.05) is 18.4 Å². The van der Waals surface area contributed by atoms with Gasteiger partial charge in [-0.25, -0.2) is 4.98 Å². The van der Waals surface area contributed by atoms with E-state index in [4.69, 9.17) is 5.26 Å². The van der Waals surface area contributed by atoms with Crippen molar-refractivity contribution in [3.05, 3.63) is 59.4 Å². The van der Waals surface area contributed by atoms with Crippen LogP contribution in [0.15, 0.2) is 42.6 Å². The van der Waals surface area contributed by atoms with Crippen LogP contribution < -0.4 is 10.6 Å². The molecule has 0 fully saturated rings. The topological polar surface area (TPSA) is 93.6 Å². The van der Waals surface area contributed by atoms with E-state index in [1.54, 1.807) is 18.3 Å². The molecule has 0 radical (unpaired) electrons. The van der Waals surface area contributed by atoms with E-state index in [9.17, 15) is 4.79 Å². The van der Waals surface area contributed by atoms with E-state index in [0.29, 0.717) is 30.2 Å². The van der Waals surface area contributed by atoms with Gasteiger partial charge in [-0.1, -0.05) is 32.9 Å². The lowest BCUT2D eigenvalue weighted by molar-refractivity contribution is 0.0951. The minimum Gasteiger partial charge on any atom is -0.367 e. The Hall–Kier alpha value is -3.33. The van der Waals surface area contributed by atoms with Crippen LogP contribution in [0.25, 0.3) is 10.9 Å². The number of amides is 1. The molecule has 1 aromatic carbocycles. The number of hydrogen-bond donors (Lipinski definition) is 3. The molecule has 2 heterocycles. The van der Waals surface area contributed by atoms with Gasteiger partial charge in [0, 0.05) is 30.2 Å². The first-order valence-electron chi connectivity index (χ1n) is 8.89. The average molecular weight is 361 g/mol. The number of pyridine rings is 1. The number of aromatic nitrogens is 2. The maximum absolute atomic E-state index is 12.4. The Bertz CT molecular complexity index is 1010. The lowest BCUT2D eigenvalue weighted by Gasteiger charge is -2.18. The summed E-state index contributed by atoms with van der Waals surface area (Å²) >= 11 is 0. The highest BCUT2D eigenvalue weighted by molar-refractivity contribution is 5.98. The highest BCUT2D eigenvalue weighted by Crippen LogP contribution is 2.26. The van der Waals surface area contributed by atoms with Gasteiger partial charge in [-0.05, 0) is 35.2 Å². The molecular weight excluding hydrogens is 338 g/mol. The number of anilines is 1. The maximum Gasteiger partial charge on any atom is 0.267 e. The highest BCUT2D eigenvalue weighted by Gasteiger charge is 2.15. The normalized spacial score (nSPS) is 11.2. The average Bonchev–Trinajstić information content (AvgIpc) is 3.08. The summed E-state index contributed by atoms with van der Waals surface area (Å²) in [6.45, 7) is 7.39. The summed E-state index contributed by atoms with van der Waals surface area (Å²) < 4.78 is 0. The van der Waals surface area contributed by atoms with Gasteiger partial charge in [0.05, 0.1) is 5.56 Å². The number of nitrogens with zero attached hydrogens (tertiary/aromatic N) is 2. The van der Waals surface area contributed by atoms with Crippen molar-refractivity contribution in [2.45, 2.75) is 26.2 Å². The number of rotatable bonds is 5. The fourth-order valence-electron chi connectivity index (χ4n) is 2.80. The molecule has 0 aliphatic heterocycles. The number of benzene rings is 1. The largest absolute Gasteiger partial charge is 0.367 e. The molecule has 0 saturated carbocycles. The third-order valence-corrected chi connectivity index (χ3v) is 4.36. The number of H-pyrrole nitrogens is 1. The van der Waals surface area contributed by atoms with E-state index in [1.807, 2.05) is 12.1 Å². The van der Waals surface area contributed by atoms with Crippen molar-refractivity contribution in [1.29, 1.82) is 5.26 Å². The molecular formula is C21H23N5O. The molecule has 0 saturated heterocycles. The van der Waals surface area contributed by atoms with Gasteiger partial charge in [-0.15, -0.1) is 0 Å². The van der Waals surface area contributed by atoms with E-state index in [0.717, 1.165) is 10.9 Å². The second-order valence-electron chi connectivity index (χ2n) is 7.43. The van der Waals surface area contributed by atoms with Crippen LogP contribution in [0.4, 0.5) is 5.82 Å². The molecule has 0 aliphatic carbocycles. The van der Waals surface area contributed by atoms with Crippen LogP contribution in [0.2, 0.25) is 0 Å². The van der Waals surface area contributed by atoms with Crippen molar-refractivity contribution in [3.63, 3.8) is 0 Å². The molecule has 3 N–H and O–H groups in total. The van der Waals surface area contributed by atoms with Gasteiger partial charge < -0.3 is 15.6 Å². The first kappa shape index (κ1) is 18.5. The number of nitrogens with one attached hydrogen (secondary N) is 3. The summed E-state index contributed by atoms with van der Waals surface area (Å²) in [5.74, 6) is 0.362. The molecule has 0 unspecified atom stereocenters. The van der Waals surface area contributed by atoms with Gasteiger partial charge >= 0.3 is 0 Å².